The molecule has 0 radical (unpaired) electrons. The van der Waals surface area contributed by atoms with E-state index < -0.39 is 0 Å². The molecule has 3 aromatic rings. The van der Waals surface area contributed by atoms with Crippen LogP contribution in [-0.2, 0) is 18.3 Å². The van der Waals surface area contributed by atoms with Gasteiger partial charge in [-0.2, -0.15) is 0 Å². The summed E-state index contributed by atoms with van der Waals surface area (Å²) in [5.41, 5.74) is 3.40. The quantitative estimate of drug-likeness (QED) is 0.602. The van der Waals surface area contributed by atoms with Gasteiger partial charge in [-0.05, 0) is 44.0 Å². The summed E-state index contributed by atoms with van der Waals surface area (Å²) < 4.78 is 4.17. The summed E-state index contributed by atoms with van der Waals surface area (Å²) in [6.07, 6.45) is 4.94. The molecule has 4 rings (SSSR count). The lowest BCUT2D eigenvalue weighted by Crippen LogP contribution is -2.29. The highest BCUT2D eigenvalue weighted by Crippen LogP contribution is 2.24. The number of benzene rings is 1. The molecule has 6 nitrogen and oxygen atoms in total. The lowest BCUT2D eigenvalue weighted by atomic mass is 10.2. The van der Waals surface area contributed by atoms with Crippen molar-refractivity contribution in [3.05, 3.63) is 59.7 Å². The molecule has 0 unspecified atom stereocenters. The maximum Gasteiger partial charge on any atom is 0.233 e. The first-order chi connectivity index (χ1) is 13.6. The van der Waals surface area contributed by atoms with E-state index in [1.807, 2.05) is 24.2 Å². The molecule has 2 aromatic heterocycles. The fraction of sp³-hybridized carbons (Fsp3) is 0.381. The molecule has 1 saturated heterocycles. The van der Waals surface area contributed by atoms with Gasteiger partial charge in [0.25, 0.3) is 0 Å². The third-order valence-corrected chi connectivity index (χ3v) is 6.08. The van der Waals surface area contributed by atoms with Crippen LogP contribution in [0.3, 0.4) is 0 Å². The minimum atomic E-state index is 0.185. The number of hydrogen-bond acceptors (Lipinski definition) is 4. The summed E-state index contributed by atoms with van der Waals surface area (Å²) in [7, 11) is 2.03. The van der Waals surface area contributed by atoms with Crippen LogP contribution in [0, 0.1) is 6.92 Å². The number of thioether (sulfide) groups is 1. The molecule has 7 heteroatoms. The molecule has 0 aliphatic carbocycles. The number of nitrogens with zero attached hydrogens (tertiary/aromatic N) is 5. The number of hydrogen-bond donors (Lipinski definition) is 0. The molecule has 1 fully saturated rings. The second-order valence-electron chi connectivity index (χ2n) is 7.23. The van der Waals surface area contributed by atoms with Gasteiger partial charge in [0.05, 0.1) is 5.75 Å². The second-order valence-corrected chi connectivity index (χ2v) is 8.18. The Kier molecular flexibility index (Phi) is 5.52. The van der Waals surface area contributed by atoms with Crippen LogP contribution >= 0.6 is 11.8 Å². The molecule has 146 valence electrons. The monoisotopic (exact) mass is 395 g/mol. The normalized spacial score (nSPS) is 14.0. The third kappa shape index (κ3) is 3.99. The van der Waals surface area contributed by atoms with Gasteiger partial charge in [-0.1, -0.05) is 29.5 Å². The number of carbonyl (C=O) groups excluding carboxylic acids is 1. The maximum atomic E-state index is 12.5. The zero-order valence-corrected chi connectivity index (χ0v) is 17.2. The molecule has 0 spiro atoms. The average Bonchev–Trinajstić information content (AvgIpc) is 3.43. The highest BCUT2D eigenvalue weighted by molar-refractivity contribution is 7.99. The predicted octanol–water partition coefficient (Wildman–Crippen LogP) is 3.22. The van der Waals surface area contributed by atoms with E-state index in [2.05, 4.69) is 56.6 Å². The van der Waals surface area contributed by atoms with Gasteiger partial charge in [-0.15, -0.1) is 10.2 Å². The zero-order valence-electron chi connectivity index (χ0n) is 16.3. The van der Waals surface area contributed by atoms with E-state index in [0.717, 1.165) is 42.6 Å². The molecule has 28 heavy (non-hydrogen) atoms. The minimum absolute atomic E-state index is 0.185. The first-order valence-electron chi connectivity index (χ1n) is 9.64. The smallest absolute Gasteiger partial charge is 0.233 e. The largest absolute Gasteiger partial charge is 0.354 e. The van der Waals surface area contributed by atoms with Crippen molar-refractivity contribution in [3.8, 4) is 5.69 Å². The molecule has 1 aromatic carbocycles. The van der Waals surface area contributed by atoms with Crippen LogP contribution in [0.15, 0.2) is 47.8 Å². The van der Waals surface area contributed by atoms with Crippen molar-refractivity contribution in [1.29, 1.82) is 0 Å². The third-order valence-electron chi connectivity index (χ3n) is 5.17. The van der Waals surface area contributed by atoms with Gasteiger partial charge in [0.1, 0.15) is 5.82 Å². The number of aryl methyl sites for hydroxylation is 2. The molecule has 0 bridgehead atoms. The van der Waals surface area contributed by atoms with E-state index in [1.54, 1.807) is 0 Å². The molecule has 1 aliphatic heterocycles. The summed E-state index contributed by atoms with van der Waals surface area (Å²) >= 11 is 1.47. The van der Waals surface area contributed by atoms with Crippen molar-refractivity contribution in [1.82, 2.24) is 24.2 Å². The van der Waals surface area contributed by atoms with Crippen LogP contribution < -0.4 is 0 Å². The maximum absolute atomic E-state index is 12.5. The number of rotatable bonds is 6. The van der Waals surface area contributed by atoms with Crippen molar-refractivity contribution in [3.63, 3.8) is 0 Å². The van der Waals surface area contributed by atoms with Crippen LogP contribution in [0.4, 0.5) is 0 Å². The Hall–Kier alpha value is -2.54. The highest BCUT2D eigenvalue weighted by Gasteiger charge is 2.21. The molecule has 1 amide bonds. The SMILES string of the molecule is Cc1ccc(-n2c(Cc3cccn3C)nnc2SCC(=O)N2CCCC2)cc1. The molecule has 0 atom stereocenters. The Morgan fingerprint density at radius 1 is 1.11 bits per heavy atom. The van der Waals surface area contributed by atoms with Crippen LogP contribution in [0.5, 0.6) is 0 Å². The molecule has 3 heterocycles. The van der Waals surface area contributed by atoms with E-state index in [0.29, 0.717) is 12.2 Å². The molecular formula is C21H25N5OS. The van der Waals surface area contributed by atoms with Crippen molar-refractivity contribution in [2.75, 3.05) is 18.8 Å². The Balaban J connectivity index is 1.60. The van der Waals surface area contributed by atoms with Gasteiger partial charge >= 0.3 is 0 Å². The Morgan fingerprint density at radius 2 is 1.86 bits per heavy atom. The van der Waals surface area contributed by atoms with E-state index in [1.165, 1.54) is 23.0 Å². The van der Waals surface area contributed by atoms with Gasteiger partial charge in [0.15, 0.2) is 5.16 Å². The van der Waals surface area contributed by atoms with Gasteiger partial charge < -0.3 is 9.47 Å². The lowest BCUT2D eigenvalue weighted by molar-refractivity contribution is -0.127. The first kappa shape index (κ1) is 18.8. The van der Waals surface area contributed by atoms with Crippen LogP contribution in [-0.4, -0.2) is 49.0 Å². The number of aromatic nitrogens is 4. The number of amides is 1. The molecular weight excluding hydrogens is 370 g/mol. The highest BCUT2D eigenvalue weighted by atomic mass is 32.2. The van der Waals surface area contributed by atoms with Crippen LogP contribution in [0.25, 0.3) is 5.69 Å². The number of likely N-dealkylation sites (tertiary alicyclic amines) is 1. The van der Waals surface area contributed by atoms with Gasteiger partial charge in [0, 0.05) is 44.1 Å². The van der Waals surface area contributed by atoms with Crippen molar-refractivity contribution < 1.29 is 4.79 Å². The summed E-state index contributed by atoms with van der Waals surface area (Å²) in [6.45, 7) is 3.83. The fourth-order valence-electron chi connectivity index (χ4n) is 3.49. The molecule has 1 aliphatic rings. The summed E-state index contributed by atoms with van der Waals surface area (Å²) in [5, 5.41) is 9.64. The Labute approximate surface area is 169 Å². The number of carbonyl (C=O) groups is 1. The summed E-state index contributed by atoms with van der Waals surface area (Å²) in [6, 6.07) is 12.5. The Bertz CT molecular complexity index is 954. The van der Waals surface area contributed by atoms with Crippen LogP contribution in [0.1, 0.15) is 29.9 Å². The topological polar surface area (TPSA) is 56.0 Å². The van der Waals surface area contributed by atoms with Crippen LogP contribution in [0.2, 0.25) is 0 Å². The minimum Gasteiger partial charge on any atom is -0.354 e. The van der Waals surface area contributed by atoms with E-state index in [-0.39, 0.29) is 5.91 Å². The van der Waals surface area contributed by atoms with Crippen molar-refractivity contribution in [2.24, 2.45) is 7.05 Å². The Morgan fingerprint density at radius 3 is 2.54 bits per heavy atom. The van der Waals surface area contributed by atoms with Gasteiger partial charge in [-0.3, -0.25) is 9.36 Å². The summed E-state index contributed by atoms with van der Waals surface area (Å²) in [4.78, 5) is 14.4. The second kappa shape index (κ2) is 8.22. The van der Waals surface area contributed by atoms with E-state index in [9.17, 15) is 4.79 Å². The van der Waals surface area contributed by atoms with Crippen molar-refractivity contribution in [2.45, 2.75) is 31.3 Å². The van der Waals surface area contributed by atoms with Gasteiger partial charge in [0.2, 0.25) is 5.91 Å². The van der Waals surface area contributed by atoms with Gasteiger partial charge in [-0.25, -0.2) is 0 Å². The molecule has 0 saturated carbocycles. The van der Waals surface area contributed by atoms with E-state index in [4.69, 9.17) is 0 Å². The lowest BCUT2D eigenvalue weighted by Gasteiger charge is -2.15. The average molecular weight is 396 g/mol. The predicted molar refractivity (Wildman–Crippen MR) is 111 cm³/mol. The van der Waals surface area contributed by atoms with Crippen molar-refractivity contribution >= 4 is 17.7 Å². The summed E-state index contributed by atoms with van der Waals surface area (Å²) in [5.74, 6) is 1.46. The fourth-order valence-corrected chi connectivity index (χ4v) is 4.36. The molecule has 0 N–H and O–H groups in total. The first-order valence-corrected chi connectivity index (χ1v) is 10.6. The van der Waals surface area contributed by atoms with E-state index >= 15 is 0 Å². The zero-order chi connectivity index (χ0) is 19.5. The standard InChI is InChI=1S/C21H25N5OS/c1-16-7-9-17(10-8-16)26-19(14-18-6-5-11-24(18)2)22-23-21(26)28-15-20(27)25-12-3-4-13-25/h5-11H,3-4,12-15H2,1-2H3.